The van der Waals surface area contributed by atoms with Crippen LogP contribution in [0.1, 0.15) is 42.9 Å². The number of hydrogen-bond donors (Lipinski definition) is 1. The molecule has 1 aromatic carbocycles. The SMILES string of the molecule is [CH2-]c1cc2c(=O)n(C3CCCC[C@@H]3O)cnc2c2c1C=CCN2C.[Y]. The van der Waals surface area contributed by atoms with E-state index in [1.54, 1.807) is 10.9 Å². The minimum Gasteiger partial charge on any atom is -0.391 e. The predicted molar refractivity (Wildman–Crippen MR) is 96.3 cm³/mol. The number of fused-ring (bicyclic) bond motifs is 3. The maximum absolute atomic E-state index is 13.1. The molecule has 2 aliphatic rings. The van der Waals surface area contributed by atoms with Gasteiger partial charge in [-0.3, -0.25) is 9.36 Å². The average Bonchev–Trinajstić information content (AvgIpc) is 2.57. The Morgan fingerprint density at radius 2 is 2.08 bits per heavy atom. The van der Waals surface area contributed by atoms with Crippen molar-refractivity contribution >= 4 is 22.7 Å². The zero-order valence-electron chi connectivity index (χ0n) is 14.5. The van der Waals surface area contributed by atoms with Gasteiger partial charge >= 0.3 is 0 Å². The molecule has 1 aliphatic carbocycles. The van der Waals surface area contributed by atoms with Crippen LogP contribution in [0.25, 0.3) is 17.0 Å². The van der Waals surface area contributed by atoms with Crippen molar-refractivity contribution in [1.82, 2.24) is 9.55 Å². The molecule has 0 bridgehead atoms. The third kappa shape index (κ3) is 3.07. The summed E-state index contributed by atoms with van der Waals surface area (Å²) in [7, 11) is 2.00. The summed E-state index contributed by atoms with van der Waals surface area (Å²) in [5, 5.41) is 10.9. The third-order valence-electron chi connectivity index (χ3n) is 5.27. The number of anilines is 1. The van der Waals surface area contributed by atoms with Crippen molar-refractivity contribution in [3.05, 3.63) is 46.9 Å². The largest absolute Gasteiger partial charge is 0.391 e. The summed E-state index contributed by atoms with van der Waals surface area (Å²) in [6, 6.07) is 1.66. The van der Waals surface area contributed by atoms with E-state index in [1.807, 2.05) is 13.1 Å². The van der Waals surface area contributed by atoms with E-state index >= 15 is 0 Å². The van der Waals surface area contributed by atoms with Crippen molar-refractivity contribution in [3.8, 4) is 0 Å². The topological polar surface area (TPSA) is 58.4 Å². The fraction of sp³-hybridized carbons (Fsp3) is 0.421. The summed E-state index contributed by atoms with van der Waals surface area (Å²) in [4.78, 5) is 19.8. The Balaban J connectivity index is 0.00000182. The van der Waals surface area contributed by atoms with E-state index in [-0.39, 0.29) is 44.3 Å². The second-order valence-electron chi connectivity index (χ2n) is 6.85. The van der Waals surface area contributed by atoms with E-state index in [9.17, 15) is 9.90 Å². The Labute approximate surface area is 172 Å². The van der Waals surface area contributed by atoms with E-state index in [1.165, 1.54) is 0 Å². The summed E-state index contributed by atoms with van der Waals surface area (Å²) >= 11 is 0. The quantitative estimate of drug-likeness (QED) is 0.731. The van der Waals surface area contributed by atoms with Gasteiger partial charge in [0, 0.05) is 57.4 Å². The molecule has 1 saturated carbocycles. The van der Waals surface area contributed by atoms with E-state index in [0.29, 0.717) is 5.39 Å². The van der Waals surface area contributed by atoms with Gasteiger partial charge in [0.05, 0.1) is 24.0 Å². The number of hydrogen-bond acceptors (Lipinski definition) is 4. The molecular formula is C19H22N3O2Y-. The van der Waals surface area contributed by atoms with Gasteiger partial charge in [0.15, 0.2) is 0 Å². The molecule has 2 aromatic rings. The van der Waals surface area contributed by atoms with Crippen molar-refractivity contribution in [2.75, 3.05) is 18.5 Å². The first-order valence-electron chi connectivity index (χ1n) is 8.53. The smallest absolute Gasteiger partial charge is 0.249 e. The normalized spacial score (nSPS) is 22.6. The van der Waals surface area contributed by atoms with Gasteiger partial charge in [0.1, 0.15) is 0 Å². The molecule has 129 valence electrons. The molecule has 1 fully saturated rings. The van der Waals surface area contributed by atoms with E-state index in [0.717, 1.165) is 54.6 Å². The average molecular weight is 413 g/mol. The van der Waals surface area contributed by atoms with Crippen LogP contribution in [-0.4, -0.2) is 34.4 Å². The van der Waals surface area contributed by atoms with E-state index in [2.05, 4.69) is 29.0 Å². The molecule has 1 aliphatic heterocycles. The number of benzene rings is 1. The van der Waals surface area contributed by atoms with Crippen LogP contribution in [0.5, 0.6) is 0 Å². The Morgan fingerprint density at radius 3 is 2.84 bits per heavy atom. The van der Waals surface area contributed by atoms with Gasteiger partial charge in [-0.2, -0.15) is 12.5 Å². The Morgan fingerprint density at radius 1 is 1.32 bits per heavy atom. The predicted octanol–water partition coefficient (Wildman–Crippen LogP) is 2.52. The molecular weight excluding hydrogens is 391 g/mol. The monoisotopic (exact) mass is 413 g/mol. The van der Waals surface area contributed by atoms with Crippen molar-refractivity contribution in [1.29, 1.82) is 0 Å². The summed E-state index contributed by atoms with van der Waals surface area (Å²) in [6.07, 6.45) is 8.88. The van der Waals surface area contributed by atoms with Crippen LogP contribution >= 0.6 is 0 Å². The zero-order valence-corrected chi connectivity index (χ0v) is 17.3. The van der Waals surface area contributed by atoms with Crippen LogP contribution in [-0.2, 0) is 32.7 Å². The van der Waals surface area contributed by atoms with Gasteiger partial charge in [-0.05, 0) is 12.8 Å². The number of aromatic nitrogens is 2. The number of likely N-dealkylation sites (N-methyl/N-ethyl adjacent to an activating group) is 1. The Hall–Kier alpha value is -1.17. The first-order chi connectivity index (χ1) is 11.6. The van der Waals surface area contributed by atoms with Gasteiger partial charge in [-0.15, -0.1) is 17.7 Å². The molecule has 1 radical (unpaired) electrons. The fourth-order valence-corrected chi connectivity index (χ4v) is 3.98. The van der Waals surface area contributed by atoms with Gasteiger partial charge in [0.2, 0.25) is 5.56 Å². The fourth-order valence-electron chi connectivity index (χ4n) is 3.98. The van der Waals surface area contributed by atoms with E-state index in [4.69, 9.17) is 0 Å². The number of aliphatic hydroxyl groups is 1. The van der Waals surface area contributed by atoms with Crippen LogP contribution in [0.3, 0.4) is 0 Å². The van der Waals surface area contributed by atoms with Gasteiger partial charge < -0.3 is 10.0 Å². The molecule has 5 nitrogen and oxygen atoms in total. The maximum Gasteiger partial charge on any atom is 0.249 e. The maximum atomic E-state index is 13.1. The van der Waals surface area contributed by atoms with Gasteiger partial charge in [0.25, 0.3) is 0 Å². The molecule has 0 amide bonds. The van der Waals surface area contributed by atoms with Crippen LogP contribution in [0, 0.1) is 6.92 Å². The van der Waals surface area contributed by atoms with Gasteiger partial charge in [-0.1, -0.05) is 18.9 Å². The molecule has 0 spiro atoms. The summed E-state index contributed by atoms with van der Waals surface area (Å²) < 4.78 is 1.62. The molecule has 1 unspecified atom stereocenters. The van der Waals surface area contributed by atoms with Gasteiger partial charge in [-0.25, -0.2) is 4.98 Å². The second kappa shape index (κ2) is 7.22. The van der Waals surface area contributed by atoms with Crippen LogP contribution in [0.15, 0.2) is 23.3 Å². The van der Waals surface area contributed by atoms with Crippen molar-refractivity contribution in [3.63, 3.8) is 0 Å². The van der Waals surface area contributed by atoms with Crippen LogP contribution in [0.2, 0.25) is 0 Å². The standard InChI is InChI=1S/C19H22N3O2.Y/c1-12-10-14-17(18-13(12)6-5-9-21(18)2)20-11-22(19(14)24)15-7-3-4-8-16(15)23;/h5-6,10-11,15-16,23H,1,3-4,7-9H2,2H3;/q-1;/t15?,16-;/m0./s1. The van der Waals surface area contributed by atoms with Crippen molar-refractivity contribution < 1.29 is 37.8 Å². The minimum atomic E-state index is -0.474. The van der Waals surface area contributed by atoms with Crippen LogP contribution in [0.4, 0.5) is 5.69 Å². The summed E-state index contributed by atoms with van der Waals surface area (Å²) in [5.74, 6) is 0. The number of nitrogens with zero attached hydrogens (tertiary/aromatic N) is 3. The van der Waals surface area contributed by atoms with E-state index < -0.39 is 6.10 Å². The Kier molecular flexibility index (Phi) is 5.38. The zero-order chi connectivity index (χ0) is 16.8. The first-order valence-corrected chi connectivity index (χ1v) is 8.53. The minimum absolute atomic E-state index is 0. The number of aliphatic hydroxyl groups excluding tert-OH is 1. The van der Waals surface area contributed by atoms with Crippen molar-refractivity contribution in [2.45, 2.75) is 37.8 Å². The molecule has 4 rings (SSSR count). The molecule has 25 heavy (non-hydrogen) atoms. The third-order valence-corrected chi connectivity index (χ3v) is 5.27. The first kappa shape index (κ1) is 18.6. The molecule has 1 aromatic heterocycles. The molecule has 0 saturated heterocycles. The summed E-state index contributed by atoms with van der Waals surface area (Å²) in [5.41, 5.74) is 3.46. The molecule has 2 atom stereocenters. The van der Waals surface area contributed by atoms with Crippen LogP contribution < -0.4 is 10.5 Å². The van der Waals surface area contributed by atoms with Crippen molar-refractivity contribution in [2.24, 2.45) is 0 Å². The number of rotatable bonds is 1. The molecule has 1 N–H and O–H groups in total. The molecule has 2 heterocycles. The second-order valence-corrected chi connectivity index (χ2v) is 6.85. The summed E-state index contributed by atoms with van der Waals surface area (Å²) in [6.45, 7) is 4.90. The molecule has 6 heteroatoms. The Bertz CT molecular complexity index is 890.